The van der Waals surface area contributed by atoms with Gasteiger partial charge in [-0.3, -0.25) is 0 Å². The number of hydroxylamine groups is 1. The van der Waals surface area contributed by atoms with Gasteiger partial charge in [0.15, 0.2) is 0 Å². The van der Waals surface area contributed by atoms with Crippen LogP contribution in [0, 0.1) is 25.7 Å². The molecule has 0 saturated heterocycles. The van der Waals surface area contributed by atoms with Crippen molar-refractivity contribution in [1.29, 1.82) is 0 Å². The lowest BCUT2D eigenvalue weighted by Gasteiger charge is -2.34. The fraction of sp³-hybridized carbons (Fsp3) is 0.348. The first-order valence-corrected chi connectivity index (χ1v) is 9.55. The predicted molar refractivity (Wildman–Crippen MR) is 109 cm³/mol. The quantitative estimate of drug-likeness (QED) is 0.499. The van der Waals surface area contributed by atoms with Gasteiger partial charge in [0.05, 0.1) is 11.8 Å². The van der Waals surface area contributed by atoms with Gasteiger partial charge in [0.2, 0.25) is 0 Å². The van der Waals surface area contributed by atoms with Crippen LogP contribution in [0.25, 0.3) is 6.08 Å². The number of benzene rings is 2. The van der Waals surface area contributed by atoms with Gasteiger partial charge in [-0.15, -0.1) is 0 Å². The average molecular weight is 364 g/mol. The third kappa shape index (κ3) is 4.65. The second kappa shape index (κ2) is 8.98. The van der Waals surface area contributed by atoms with Crippen LogP contribution < -0.4 is 5.48 Å². The van der Waals surface area contributed by atoms with E-state index in [2.05, 4.69) is 54.0 Å². The summed E-state index contributed by atoms with van der Waals surface area (Å²) in [5, 5.41) is 23.2. The Morgan fingerprint density at radius 1 is 1.00 bits per heavy atom. The van der Waals surface area contributed by atoms with Gasteiger partial charge in [0, 0.05) is 11.8 Å². The molecule has 0 aliphatic heterocycles. The molecule has 0 spiro atoms. The van der Waals surface area contributed by atoms with Gasteiger partial charge < -0.3 is 10.4 Å². The summed E-state index contributed by atoms with van der Waals surface area (Å²) in [5.41, 5.74) is 7.73. The molecule has 1 aliphatic carbocycles. The minimum atomic E-state index is -0.285. The van der Waals surface area contributed by atoms with Crippen LogP contribution in [0.3, 0.4) is 0 Å². The molecular formula is C23H28N2O2. The Bertz CT molecular complexity index is 794. The first-order valence-electron chi connectivity index (χ1n) is 9.55. The van der Waals surface area contributed by atoms with E-state index in [-0.39, 0.29) is 17.9 Å². The molecule has 1 aliphatic rings. The fourth-order valence-electron chi connectivity index (χ4n) is 3.88. The lowest BCUT2D eigenvalue weighted by Crippen LogP contribution is -2.37. The number of hydrogen-bond acceptors (Lipinski definition) is 4. The molecular weight excluding hydrogens is 336 g/mol. The highest BCUT2D eigenvalue weighted by Crippen LogP contribution is 2.36. The molecule has 0 aromatic heterocycles. The number of oxime groups is 1. The predicted octanol–water partition coefficient (Wildman–Crippen LogP) is 5.28. The van der Waals surface area contributed by atoms with E-state index in [0.717, 1.165) is 36.1 Å². The van der Waals surface area contributed by atoms with Gasteiger partial charge in [-0.05, 0) is 37.8 Å². The Balaban J connectivity index is 1.81. The molecule has 0 heterocycles. The van der Waals surface area contributed by atoms with E-state index in [0.29, 0.717) is 0 Å². The van der Waals surface area contributed by atoms with E-state index in [4.69, 9.17) is 0 Å². The lowest BCUT2D eigenvalue weighted by molar-refractivity contribution is 0.104. The zero-order chi connectivity index (χ0) is 19.2. The van der Waals surface area contributed by atoms with Crippen LogP contribution in [0.4, 0.5) is 0 Å². The zero-order valence-corrected chi connectivity index (χ0v) is 16.0. The summed E-state index contributed by atoms with van der Waals surface area (Å²) in [7, 11) is 0. The normalized spacial score (nSPS) is 23.0. The largest absolute Gasteiger partial charge is 0.411 e. The molecule has 2 aromatic carbocycles. The maximum absolute atomic E-state index is 9.83. The summed E-state index contributed by atoms with van der Waals surface area (Å²) < 4.78 is 0. The Morgan fingerprint density at radius 2 is 1.63 bits per heavy atom. The van der Waals surface area contributed by atoms with Crippen molar-refractivity contribution >= 4 is 11.8 Å². The molecule has 0 bridgehead atoms. The van der Waals surface area contributed by atoms with Crippen molar-refractivity contribution in [3.05, 3.63) is 76.9 Å². The van der Waals surface area contributed by atoms with E-state index in [9.17, 15) is 10.4 Å². The smallest absolute Gasteiger partial charge is 0.0689 e. The van der Waals surface area contributed by atoms with Crippen LogP contribution in [-0.2, 0) is 0 Å². The van der Waals surface area contributed by atoms with Crippen LogP contribution in [0.1, 0.15) is 47.6 Å². The van der Waals surface area contributed by atoms with Gasteiger partial charge in [0.25, 0.3) is 0 Å². The van der Waals surface area contributed by atoms with Crippen LogP contribution in [0.15, 0.2) is 59.8 Å². The maximum atomic E-state index is 9.83. The number of aryl methyl sites for hydroxylation is 2. The van der Waals surface area contributed by atoms with E-state index < -0.39 is 0 Å². The second-order valence-corrected chi connectivity index (χ2v) is 7.46. The van der Waals surface area contributed by atoms with Gasteiger partial charge in [-0.2, -0.15) is 5.48 Å². The number of rotatable bonds is 5. The van der Waals surface area contributed by atoms with Crippen LogP contribution in [0.2, 0.25) is 0 Å². The van der Waals surface area contributed by atoms with Crippen molar-refractivity contribution in [2.24, 2.45) is 17.0 Å². The van der Waals surface area contributed by atoms with Gasteiger partial charge in [0.1, 0.15) is 0 Å². The average Bonchev–Trinajstić information content (AvgIpc) is 2.69. The highest BCUT2D eigenvalue weighted by atomic mass is 16.5. The number of nitrogens with zero attached hydrogens (tertiary/aromatic N) is 1. The van der Waals surface area contributed by atoms with E-state index in [1.165, 1.54) is 11.1 Å². The molecule has 4 heteroatoms. The Kier molecular flexibility index (Phi) is 6.43. The van der Waals surface area contributed by atoms with E-state index in [1.807, 2.05) is 31.2 Å². The first-order chi connectivity index (χ1) is 13.1. The standard InChI is InChI=1S/C23H28N2O2/c1-16-6-10-18(11-7-16)12-15-19-4-3-5-21(22(19)24-26)23(25-27)20-13-8-17(2)9-14-20/h6-15,19,21,23,25-27H,3-5H2,1-2H3/b15-12+,24-22+. The summed E-state index contributed by atoms with van der Waals surface area (Å²) in [6.45, 7) is 4.11. The molecule has 1 fully saturated rings. The SMILES string of the molecule is Cc1ccc(/C=C/C2CCCC(C(NO)c3ccc(C)cc3)/C2=N/O)cc1. The molecule has 0 radical (unpaired) electrons. The van der Waals surface area contributed by atoms with Crippen molar-refractivity contribution in [3.8, 4) is 0 Å². The molecule has 1 saturated carbocycles. The Labute approximate surface area is 161 Å². The molecule has 3 unspecified atom stereocenters. The van der Waals surface area contributed by atoms with Crippen LogP contribution in [-0.4, -0.2) is 16.1 Å². The second-order valence-electron chi connectivity index (χ2n) is 7.46. The molecule has 142 valence electrons. The van der Waals surface area contributed by atoms with Crippen molar-refractivity contribution in [1.82, 2.24) is 5.48 Å². The minimum Gasteiger partial charge on any atom is -0.411 e. The molecule has 2 aromatic rings. The third-order valence-corrected chi connectivity index (χ3v) is 5.48. The monoisotopic (exact) mass is 364 g/mol. The van der Waals surface area contributed by atoms with Crippen molar-refractivity contribution < 1.29 is 10.4 Å². The summed E-state index contributed by atoms with van der Waals surface area (Å²) in [4.78, 5) is 0. The van der Waals surface area contributed by atoms with Crippen LogP contribution in [0.5, 0.6) is 0 Å². The van der Waals surface area contributed by atoms with Gasteiger partial charge in [-0.1, -0.05) is 83.4 Å². The summed E-state index contributed by atoms with van der Waals surface area (Å²) >= 11 is 0. The third-order valence-electron chi connectivity index (χ3n) is 5.48. The number of allylic oxidation sites excluding steroid dienone is 1. The molecule has 3 atom stereocenters. The van der Waals surface area contributed by atoms with Gasteiger partial charge >= 0.3 is 0 Å². The topological polar surface area (TPSA) is 64.8 Å². The van der Waals surface area contributed by atoms with Crippen molar-refractivity contribution in [2.75, 3.05) is 0 Å². The van der Waals surface area contributed by atoms with Crippen LogP contribution >= 0.6 is 0 Å². The van der Waals surface area contributed by atoms with E-state index in [1.54, 1.807) is 0 Å². The Hall–Kier alpha value is -2.43. The summed E-state index contributed by atoms with van der Waals surface area (Å²) in [6.07, 6.45) is 7.06. The first kappa shape index (κ1) is 19.3. The molecule has 3 N–H and O–H groups in total. The maximum Gasteiger partial charge on any atom is 0.0689 e. The number of nitrogens with one attached hydrogen (secondary N) is 1. The highest BCUT2D eigenvalue weighted by molar-refractivity contribution is 5.92. The Morgan fingerprint density at radius 3 is 2.22 bits per heavy atom. The molecule has 4 nitrogen and oxygen atoms in total. The lowest BCUT2D eigenvalue weighted by atomic mass is 9.74. The van der Waals surface area contributed by atoms with Gasteiger partial charge in [-0.25, -0.2) is 0 Å². The number of hydrogen-bond donors (Lipinski definition) is 3. The fourth-order valence-corrected chi connectivity index (χ4v) is 3.88. The van der Waals surface area contributed by atoms with E-state index >= 15 is 0 Å². The summed E-state index contributed by atoms with van der Waals surface area (Å²) in [6, 6.07) is 16.2. The summed E-state index contributed by atoms with van der Waals surface area (Å²) in [5.74, 6) is 0.0143. The van der Waals surface area contributed by atoms with Crippen molar-refractivity contribution in [3.63, 3.8) is 0 Å². The molecule has 0 amide bonds. The highest BCUT2D eigenvalue weighted by Gasteiger charge is 2.34. The molecule has 27 heavy (non-hydrogen) atoms. The molecule has 3 rings (SSSR count). The van der Waals surface area contributed by atoms with Crippen molar-refractivity contribution in [2.45, 2.75) is 39.2 Å². The zero-order valence-electron chi connectivity index (χ0n) is 16.0. The minimum absolute atomic E-state index is 0.0517.